The molecule has 4 rings (SSSR count). The molecule has 26 heavy (non-hydrogen) atoms. The molecule has 0 saturated carbocycles. The molecule has 1 aliphatic heterocycles. The van der Waals surface area contributed by atoms with Gasteiger partial charge >= 0.3 is 0 Å². The number of aryl methyl sites for hydroxylation is 1. The van der Waals surface area contributed by atoms with E-state index in [0.717, 1.165) is 73.7 Å². The van der Waals surface area contributed by atoms with E-state index in [-0.39, 0.29) is 0 Å². The Morgan fingerprint density at radius 1 is 1.08 bits per heavy atom. The molecule has 0 spiro atoms. The van der Waals surface area contributed by atoms with E-state index in [0.29, 0.717) is 5.82 Å². The number of hydrogen-bond acceptors (Lipinski definition) is 6. The zero-order chi connectivity index (χ0) is 17.9. The van der Waals surface area contributed by atoms with Gasteiger partial charge in [-0.15, -0.1) is 0 Å². The lowest BCUT2D eigenvalue weighted by atomic mass is 10.1. The Kier molecular flexibility index (Phi) is 4.73. The van der Waals surface area contributed by atoms with Gasteiger partial charge in [-0.25, -0.2) is 9.50 Å². The van der Waals surface area contributed by atoms with Crippen molar-refractivity contribution in [2.24, 2.45) is 0 Å². The molecule has 3 heterocycles. The molecule has 2 aromatic heterocycles. The summed E-state index contributed by atoms with van der Waals surface area (Å²) < 4.78 is 7.33. The summed E-state index contributed by atoms with van der Waals surface area (Å²) in [5.74, 6) is 0.492. The molecule has 7 nitrogen and oxygen atoms in total. The van der Waals surface area contributed by atoms with Crippen molar-refractivity contribution >= 4 is 17.0 Å². The van der Waals surface area contributed by atoms with E-state index in [1.54, 1.807) is 0 Å². The van der Waals surface area contributed by atoms with Crippen molar-refractivity contribution in [1.29, 1.82) is 0 Å². The predicted molar refractivity (Wildman–Crippen MR) is 103 cm³/mol. The first-order chi connectivity index (χ1) is 12.7. The standard InChI is InChI=1S/C19H24N6O/c20-15-5-3-14(4-6-15)17-12-16(25-18(17)19(21)22-13-23-25)2-1-7-24-8-10-26-11-9-24/h3-6,12-13H,1-2,7-11,20H2,(H2,21,22,23). The number of anilines is 2. The number of aromatic nitrogens is 3. The van der Waals surface area contributed by atoms with Gasteiger partial charge < -0.3 is 16.2 Å². The molecule has 0 amide bonds. The highest BCUT2D eigenvalue weighted by Gasteiger charge is 2.16. The second kappa shape index (κ2) is 7.31. The molecule has 0 atom stereocenters. The van der Waals surface area contributed by atoms with E-state index in [4.69, 9.17) is 16.2 Å². The van der Waals surface area contributed by atoms with Crippen LogP contribution in [0, 0.1) is 0 Å². The van der Waals surface area contributed by atoms with Crippen LogP contribution in [-0.2, 0) is 11.2 Å². The summed E-state index contributed by atoms with van der Waals surface area (Å²) in [6.45, 7) is 4.76. The summed E-state index contributed by atoms with van der Waals surface area (Å²) in [4.78, 5) is 6.63. The third-order valence-electron chi connectivity index (χ3n) is 4.89. The van der Waals surface area contributed by atoms with Crippen molar-refractivity contribution < 1.29 is 4.74 Å². The minimum Gasteiger partial charge on any atom is -0.399 e. The normalized spacial score (nSPS) is 15.5. The van der Waals surface area contributed by atoms with Crippen molar-refractivity contribution in [3.05, 3.63) is 42.4 Å². The van der Waals surface area contributed by atoms with E-state index in [2.05, 4.69) is 21.0 Å². The fraction of sp³-hybridized carbons (Fsp3) is 0.368. The lowest BCUT2D eigenvalue weighted by molar-refractivity contribution is 0.0374. The average Bonchev–Trinajstić information content (AvgIpc) is 3.03. The van der Waals surface area contributed by atoms with Gasteiger partial charge in [0.25, 0.3) is 0 Å². The maximum absolute atomic E-state index is 6.16. The van der Waals surface area contributed by atoms with Gasteiger partial charge in [0.15, 0.2) is 5.82 Å². The van der Waals surface area contributed by atoms with E-state index >= 15 is 0 Å². The lowest BCUT2D eigenvalue weighted by Gasteiger charge is -2.26. The Morgan fingerprint density at radius 3 is 2.62 bits per heavy atom. The number of benzene rings is 1. The minimum absolute atomic E-state index is 0.492. The molecule has 0 bridgehead atoms. The number of ether oxygens (including phenoxy) is 1. The zero-order valence-electron chi connectivity index (χ0n) is 14.8. The van der Waals surface area contributed by atoms with Crippen LogP contribution >= 0.6 is 0 Å². The largest absolute Gasteiger partial charge is 0.399 e. The third-order valence-corrected chi connectivity index (χ3v) is 4.89. The molecule has 1 aromatic carbocycles. The minimum atomic E-state index is 0.492. The van der Waals surface area contributed by atoms with Gasteiger partial charge in [-0.3, -0.25) is 4.90 Å². The molecular formula is C19H24N6O. The quantitative estimate of drug-likeness (QED) is 0.680. The summed E-state index contributed by atoms with van der Waals surface area (Å²) in [6, 6.07) is 9.99. The Bertz CT molecular complexity index is 883. The van der Waals surface area contributed by atoms with Crippen LogP contribution in [0.1, 0.15) is 12.1 Å². The molecular weight excluding hydrogens is 328 g/mol. The first-order valence-corrected chi connectivity index (χ1v) is 8.99. The molecule has 136 valence electrons. The number of nitrogen functional groups attached to an aromatic ring is 2. The van der Waals surface area contributed by atoms with Crippen molar-refractivity contribution in [2.45, 2.75) is 12.8 Å². The van der Waals surface area contributed by atoms with Crippen molar-refractivity contribution in [2.75, 3.05) is 44.3 Å². The molecule has 1 saturated heterocycles. The lowest BCUT2D eigenvalue weighted by Crippen LogP contribution is -2.37. The van der Waals surface area contributed by atoms with Gasteiger partial charge in [0.05, 0.1) is 13.2 Å². The van der Waals surface area contributed by atoms with Crippen LogP contribution in [0.5, 0.6) is 0 Å². The molecule has 0 radical (unpaired) electrons. The summed E-state index contributed by atoms with van der Waals surface area (Å²) in [6.07, 6.45) is 3.52. The maximum atomic E-state index is 6.16. The number of fused-ring (bicyclic) bond motifs is 1. The molecule has 1 fully saturated rings. The van der Waals surface area contributed by atoms with Gasteiger partial charge in [0.2, 0.25) is 0 Å². The Labute approximate surface area is 152 Å². The van der Waals surface area contributed by atoms with Crippen LogP contribution in [0.25, 0.3) is 16.6 Å². The van der Waals surface area contributed by atoms with Crippen LogP contribution < -0.4 is 11.5 Å². The van der Waals surface area contributed by atoms with Gasteiger partial charge in [-0.2, -0.15) is 5.10 Å². The van der Waals surface area contributed by atoms with E-state index in [1.807, 2.05) is 28.8 Å². The monoisotopic (exact) mass is 352 g/mol. The Hall–Kier alpha value is -2.64. The van der Waals surface area contributed by atoms with E-state index in [1.165, 1.54) is 6.33 Å². The number of morpholine rings is 1. The smallest absolute Gasteiger partial charge is 0.151 e. The molecule has 1 aliphatic rings. The highest BCUT2D eigenvalue weighted by atomic mass is 16.5. The highest BCUT2D eigenvalue weighted by Crippen LogP contribution is 2.31. The fourth-order valence-electron chi connectivity index (χ4n) is 3.50. The second-order valence-corrected chi connectivity index (χ2v) is 6.63. The van der Waals surface area contributed by atoms with E-state index in [9.17, 15) is 0 Å². The van der Waals surface area contributed by atoms with Gasteiger partial charge in [0, 0.05) is 30.0 Å². The fourth-order valence-corrected chi connectivity index (χ4v) is 3.50. The maximum Gasteiger partial charge on any atom is 0.151 e. The van der Waals surface area contributed by atoms with Crippen LogP contribution in [-0.4, -0.2) is 52.3 Å². The predicted octanol–water partition coefficient (Wildman–Crippen LogP) is 1.83. The van der Waals surface area contributed by atoms with Crippen molar-refractivity contribution in [3.8, 4) is 11.1 Å². The number of nitrogens with zero attached hydrogens (tertiary/aromatic N) is 4. The first kappa shape index (κ1) is 16.8. The highest BCUT2D eigenvalue weighted by molar-refractivity contribution is 5.88. The summed E-state index contributed by atoms with van der Waals surface area (Å²) in [7, 11) is 0. The Morgan fingerprint density at radius 2 is 1.85 bits per heavy atom. The summed E-state index contributed by atoms with van der Waals surface area (Å²) >= 11 is 0. The van der Waals surface area contributed by atoms with Gasteiger partial charge in [0.1, 0.15) is 11.8 Å². The molecule has 4 N–H and O–H groups in total. The topological polar surface area (TPSA) is 94.7 Å². The van der Waals surface area contributed by atoms with Crippen LogP contribution in [0.15, 0.2) is 36.7 Å². The number of nitrogens with two attached hydrogens (primary N) is 2. The first-order valence-electron chi connectivity index (χ1n) is 8.99. The second-order valence-electron chi connectivity index (χ2n) is 6.63. The van der Waals surface area contributed by atoms with Crippen molar-refractivity contribution in [3.63, 3.8) is 0 Å². The number of rotatable bonds is 5. The van der Waals surface area contributed by atoms with Gasteiger partial charge in [-0.05, 0) is 43.1 Å². The summed E-state index contributed by atoms with van der Waals surface area (Å²) in [5, 5.41) is 4.44. The molecule has 7 heteroatoms. The SMILES string of the molecule is Nc1ccc(-c2cc(CCCN3CCOCC3)n3ncnc(N)c23)cc1. The van der Waals surface area contributed by atoms with E-state index < -0.39 is 0 Å². The molecule has 3 aromatic rings. The van der Waals surface area contributed by atoms with Gasteiger partial charge in [-0.1, -0.05) is 12.1 Å². The van der Waals surface area contributed by atoms with Crippen LogP contribution in [0.2, 0.25) is 0 Å². The molecule has 0 unspecified atom stereocenters. The van der Waals surface area contributed by atoms with Crippen LogP contribution in [0.3, 0.4) is 0 Å². The average molecular weight is 352 g/mol. The van der Waals surface area contributed by atoms with Crippen LogP contribution in [0.4, 0.5) is 11.5 Å². The summed E-state index contributed by atoms with van der Waals surface area (Å²) in [5.41, 5.74) is 16.8. The molecule has 0 aliphatic carbocycles. The van der Waals surface area contributed by atoms with Crippen molar-refractivity contribution in [1.82, 2.24) is 19.5 Å². The zero-order valence-corrected chi connectivity index (χ0v) is 14.8. The third kappa shape index (κ3) is 3.36. The Balaban J connectivity index is 1.60. The number of hydrogen-bond donors (Lipinski definition) is 2.